The van der Waals surface area contributed by atoms with Gasteiger partial charge in [-0.3, -0.25) is 0 Å². The predicted molar refractivity (Wildman–Crippen MR) is 85.2 cm³/mol. The molecule has 0 aliphatic heterocycles. The molecule has 1 aromatic rings. The van der Waals surface area contributed by atoms with E-state index in [1.807, 2.05) is 44.2 Å². The van der Waals surface area contributed by atoms with Gasteiger partial charge in [-0.15, -0.1) is 0 Å². The third-order valence-electron chi connectivity index (χ3n) is 3.15. The molecule has 120 valence electrons. The molecule has 21 heavy (non-hydrogen) atoms. The van der Waals surface area contributed by atoms with E-state index in [1.165, 1.54) is 4.31 Å². The molecule has 0 heterocycles. The molecule has 0 radical (unpaired) electrons. The zero-order valence-electron chi connectivity index (χ0n) is 12.8. The van der Waals surface area contributed by atoms with Crippen molar-refractivity contribution in [2.45, 2.75) is 39.2 Å². The zero-order chi connectivity index (χ0) is 15.7. The molecule has 0 fully saturated rings. The summed E-state index contributed by atoms with van der Waals surface area (Å²) < 4.78 is 28.8. The molecule has 0 saturated heterocycles. The van der Waals surface area contributed by atoms with Crippen LogP contribution in [0.2, 0.25) is 0 Å². The first-order valence-corrected chi connectivity index (χ1v) is 8.89. The Balaban J connectivity index is 2.73. The molecule has 1 aromatic carbocycles. The number of nitrogens with zero attached hydrogens (tertiary/aromatic N) is 1. The van der Waals surface area contributed by atoms with Crippen LogP contribution in [0, 0.1) is 0 Å². The number of benzene rings is 1. The minimum Gasteiger partial charge on any atom is -0.395 e. The lowest BCUT2D eigenvalue weighted by molar-refractivity contribution is 0.253. The summed E-state index contributed by atoms with van der Waals surface area (Å²) in [5.41, 5.74) is 0.997. The van der Waals surface area contributed by atoms with Crippen LogP contribution in [-0.2, 0) is 16.6 Å². The van der Waals surface area contributed by atoms with Crippen molar-refractivity contribution in [3.63, 3.8) is 0 Å². The van der Waals surface area contributed by atoms with Crippen molar-refractivity contribution in [2.75, 3.05) is 19.7 Å². The standard InChI is InChI=1S/C15H26N2O3S/c1-3-10-17(11-4-2)21(19,20)16-15(13-18)12-14-8-6-5-7-9-14/h5-9,15-16,18H,3-4,10-13H2,1-2H3/t15-/m0/s1. The Bertz CT molecular complexity index is 485. The predicted octanol–water partition coefficient (Wildman–Crippen LogP) is 1.55. The number of rotatable bonds is 10. The van der Waals surface area contributed by atoms with E-state index < -0.39 is 16.3 Å². The number of aliphatic hydroxyl groups excluding tert-OH is 1. The monoisotopic (exact) mass is 314 g/mol. The van der Waals surface area contributed by atoms with Gasteiger partial charge in [0.1, 0.15) is 0 Å². The average molecular weight is 314 g/mol. The maximum atomic E-state index is 12.4. The van der Waals surface area contributed by atoms with Crippen LogP contribution in [0.25, 0.3) is 0 Å². The van der Waals surface area contributed by atoms with E-state index in [0.717, 1.165) is 18.4 Å². The average Bonchev–Trinajstić information content (AvgIpc) is 2.47. The maximum absolute atomic E-state index is 12.4. The fourth-order valence-corrected chi connectivity index (χ4v) is 3.75. The Morgan fingerprint density at radius 3 is 2.19 bits per heavy atom. The highest BCUT2D eigenvalue weighted by atomic mass is 32.2. The summed E-state index contributed by atoms with van der Waals surface area (Å²) in [4.78, 5) is 0. The summed E-state index contributed by atoms with van der Waals surface area (Å²) in [6.45, 7) is 4.66. The Morgan fingerprint density at radius 2 is 1.71 bits per heavy atom. The van der Waals surface area contributed by atoms with Gasteiger partial charge in [-0.1, -0.05) is 44.2 Å². The molecule has 0 amide bonds. The van der Waals surface area contributed by atoms with Gasteiger partial charge < -0.3 is 5.11 Å². The van der Waals surface area contributed by atoms with Crippen LogP contribution in [0.4, 0.5) is 0 Å². The van der Waals surface area contributed by atoms with Crippen molar-refractivity contribution >= 4 is 10.2 Å². The van der Waals surface area contributed by atoms with Crippen LogP contribution in [0.5, 0.6) is 0 Å². The van der Waals surface area contributed by atoms with Crippen molar-refractivity contribution in [3.8, 4) is 0 Å². The summed E-state index contributed by atoms with van der Waals surface area (Å²) in [7, 11) is -3.55. The zero-order valence-corrected chi connectivity index (χ0v) is 13.6. The molecule has 0 spiro atoms. The molecule has 0 aliphatic rings. The van der Waals surface area contributed by atoms with Crippen LogP contribution < -0.4 is 4.72 Å². The molecule has 0 unspecified atom stereocenters. The molecular weight excluding hydrogens is 288 g/mol. The normalized spacial score (nSPS) is 13.5. The quantitative estimate of drug-likeness (QED) is 0.688. The van der Waals surface area contributed by atoms with Gasteiger partial charge in [0.15, 0.2) is 0 Å². The molecule has 6 heteroatoms. The van der Waals surface area contributed by atoms with E-state index in [1.54, 1.807) is 0 Å². The Labute approximate surface area is 128 Å². The van der Waals surface area contributed by atoms with Crippen LogP contribution >= 0.6 is 0 Å². The van der Waals surface area contributed by atoms with Gasteiger partial charge >= 0.3 is 0 Å². The fourth-order valence-electron chi connectivity index (χ4n) is 2.18. The van der Waals surface area contributed by atoms with E-state index in [4.69, 9.17) is 0 Å². The van der Waals surface area contributed by atoms with E-state index in [9.17, 15) is 13.5 Å². The van der Waals surface area contributed by atoms with Crippen molar-refractivity contribution in [3.05, 3.63) is 35.9 Å². The van der Waals surface area contributed by atoms with Gasteiger partial charge in [-0.05, 0) is 24.8 Å². The van der Waals surface area contributed by atoms with E-state index in [-0.39, 0.29) is 6.61 Å². The first-order chi connectivity index (χ1) is 10.0. The second kappa shape index (κ2) is 9.15. The molecule has 5 nitrogen and oxygen atoms in total. The molecule has 0 bridgehead atoms. The largest absolute Gasteiger partial charge is 0.395 e. The van der Waals surface area contributed by atoms with Crippen LogP contribution in [0.1, 0.15) is 32.3 Å². The number of hydrogen-bond donors (Lipinski definition) is 2. The lowest BCUT2D eigenvalue weighted by atomic mass is 10.1. The molecule has 1 rings (SSSR count). The third-order valence-corrected chi connectivity index (χ3v) is 4.82. The minimum absolute atomic E-state index is 0.222. The molecule has 2 N–H and O–H groups in total. The molecule has 0 aromatic heterocycles. The Hall–Kier alpha value is -0.950. The molecule has 0 saturated carbocycles. The van der Waals surface area contributed by atoms with E-state index in [0.29, 0.717) is 19.5 Å². The molecule has 0 aliphatic carbocycles. The summed E-state index contributed by atoms with van der Waals surface area (Å²) in [5.74, 6) is 0. The van der Waals surface area contributed by atoms with Crippen LogP contribution in [0.3, 0.4) is 0 Å². The van der Waals surface area contributed by atoms with E-state index >= 15 is 0 Å². The smallest absolute Gasteiger partial charge is 0.279 e. The van der Waals surface area contributed by atoms with Crippen molar-refractivity contribution in [2.24, 2.45) is 0 Å². The van der Waals surface area contributed by atoms with Gasteiger partial charge in [0.25, 0.3) is 10.2 Å². The van der Waals surface area contributed by atoms with Gasteiger partial charge in [0.2, 0.25) is 0 Å². The lowest BCUT2D eigenvalue weighted by Gasteiger charge is -2.24. The highest BCUT2D eigenvalue weighted by molar-refractivity contribution is 7.87. The number of nitrogens with one attached hydrogen (secondary N) is 1. The van der Waals surface area contributed by atoms with Crippen molar-refractivity contribution in [1.82, 2.24) is 9.03 Å². The fraction of sp³-hybridized carbons (Fsp3) is 0.600. The van der Waals surface area contributed by atoms with Crippen LogP contribution in [0.15, 0.2) is 30.3 Å². The summed E-state index contributed by atoms with van der Waals surface area (Å²) in [5, 5.41) is 9.45. The van der Waals surface area contributed by atoms with Gasteiger partial charge in [0, 0.05) is 13.1 Å². The first-order valence-electron chi connectivity index (χ1n) is 7.45. The lowest BCUT2D eigenvalue weighted by Crippen LogP contribution is -2.48. The van der Waals surface area contributed by atoms with E-state index in [2.05, 4.69) is 4.72 Å². The summed E-state index contributed by atoms with van der Waals surface area (Å²) in [6, 6.07) is 9.05. The molecular formula is C15H26N2O3S. The molecule has 1 atom stereocenters. The maximum Gasteiger partial charge on any atom is 0.279 e. The van der Waals surface area contributed by atoms with Gasteiger partial charge in [0.05, 0.1) is 12.6 Å². The number of aliphatic hydroxyl groups is 1. The van der Waals surface area contributed by atoms with Crippen LogP contribution in [-0.4, -0.2) is 43.6 Å². The topological polar surface area (TPSA) is 69.6 Å². The van der Waals surface area contributed by atoms with Gasteiger partial charge in [-0.25, -0.2) is 0 Å². The van der Waals surface area contributed by atoms with Gasteiger partial charge in [-0.2, -0.15) is 17.4 Å². The SMILES string of the molecule is CCCN(CCC)S(=O)(=O)N[C@H](CO)Cc1ccccc1. The highest BCUT2D eigenvalue weighted by Gasteiger charge is 2.24. The number of hydrogen-bond acceptors (Lipinski definition) is 3. The van der Waals surface area contributed by atoms with Crippen molar-refractivity contribution in [1.29, 1.82) is 0 Å². The second-order valence-corrected chi connectivity index (χ2v) is 6.79. The highest BCUT2D eigenvalue weighted by Crippen LogP contribution is 2.07. The Kier molecular flexibility index (Phi) is 7.88. The second-order valence-electron chi connectivity index (χ2n) is 5.09. The summed E-state index contributed by atoms with van der Waals surface area (Å²) in [6.07, 6.45) is 2.01. The Morgan fingerprint density at radius 1 is 1.14 bits per heavy atom. The summed E-state index contributed by atoms with van der Waals surface area (Å²) >= 11 is 0. The third kappa shape index (κ3) is 6.13. The van der Waals surface area contributed by atoms with Crippen molar-refractivity contribution < 1.29 is 13.5 Å². The first kappa shape index (κ1) is 18.1. The minimum atomic E-state index is -3.55.